The normalized spacial score (nSPS) is 9.18. The first-order chi connectivity index (χ1) is 5.22. The van der Waals surface area contributed by atoms with Crippen molar-refractivity contribution in [1.82, 2.24) is 0 Å². The van der Waals surface area contributed by atoms with Crippen LogP contribution in [0.1, 0.15) is 13.8 Å². The maximum Gasteiger partial charge on any atom is 0.252 e. The lowest BCUT2D eigenvalue weighted by Gasteiger charge is -1.86. The summed E-state index contributed by atoms with van der Waals surface area (Å²) in [6, 6.07) is 0. The molecule has 0 aromatic heterocycles. The van der Waals surface area contributed by atoms with Crippen LogP contribution in [0.4, 0.5) is 0 Å². The first kappa shape index (κ1) is 12.8. The van der Waals surface area contributed by atoms with E-state index in [0.717, 1.165) is 0 Å². The zero-order valence-corrected chi connectivity index (χ0v) is 7.69. The van der Waals surface area contributed by atoms with E-state index in [2.05, 4.69) is 13.2 Å². The number of hydrogen-bond donors (Lipinski definition) is 0. The van der Waals surface area contributed by atoms with Gasteiger partial charge in [0.15, 0.2) is 0 Å². The SMILES string of the molecule is C=C/C=C(\C=C)C(=O)Cl.CC. The van der Waals surface area contributed by atoms with Gasteiger partial charge in [-0.05, 0) is 11.6 Å². The van der Waals surface area contributed by atoms with Crippen LogP contribution in [0.2, 0.25) is 0 Å². The molecule has 0 unspecified atom stereocenters. The van der Waals surface area contributed by atoms with Gasteiger partial charge in [0.05, 0.1) is 0 Å². The third kappa shape index (κ3) is 7.07. The summed E-state index contributed by atoms with van der Waals surface area (Å²) in [4.78, 5) is 10.3. The summed E-state index contributed by atoms with van der Waals surface area (Å²) in [5.41, 5.74) is 0.367. The summed E-state index contributed by atoms with van der Waals surface area (Å²) in [7, 11) is 0. The molecular formula is C9H13ClO. The molecule has 0 heterocycles. The van der Waals surface area contributed by atoms with Crippen molar-refractivity contribution >= 4 is 16.8 Å². The molecule has 0 bridgehead atoms. The first-order valence-corrected chi connectivity index (χ1v) is 3.75. The summed E-state index contributed by atoms with van der Waals surface area (Å²) in [6.45, 7) is 10.8. The molecule has 0 aromatic carbocycles. The first-order valence-electron chi connectivity index (χ1n) is 3.37. The van der Waals surface area contributed by atoms with Crippen molar-refractivity contribution in [2.75, 3.05) is 0 Å². The molecule has 0 aromatic rings. The molecule has 0 atom stereocenters. The molecule has 0 saturated heterocycles. The molecule has 0 aliphatic rings. The van der Waals surface area contributed by atoms with E-state index in [4.69, 9.17) is 11.6 Å². The fourth-order valence-corrected chi connectivity index (χ4v) is 0.481. The molecule has 1 nitrogen and oxygen atoms in total. The average molecular weight is 173 g/mol. The van der Waals surface area contributed by atoms with Gasteiger partial charge in [-0.15, -0.1) is 0 Å². The van der Waals surface area contributed by atoms with E-state index in [9.17, 15) is 4.79 Å². The highest BCUT2D eigenvalue weighted by molar-refractivity contribution is 6.68. The van der Waals surface area contributed by atoms with Gasteiger partial charge >= 0.3 is 0 Å². The molecule has 0 rings (SSSR count). The lowest BCUT2D eigenvalue weighted by Crippen LogP contribution is -1.86. The Balaban J connectivity index is 0. The Morgan fingerprint density at radius 3 is 1.91 bits per heavy atom. The van der Waals surface area contributed by atoms with E-state index in [0.29, 0.717) is 5.57 Å². The number of allylic oxidation sites excluding steroid dienone is 4. The highest BCUT2D eigenvalue weighted by Gasteiger charge is 1.96. The predicted octanol–water partition coefficient (Wildman–Crippen LogP) is 3.08. The number of hydrogen-bond acceptors (Lipinski definition) is 1. The van der Waals surface area contributed by atoms with Gasteiger partial charge in [-0.25, -0.2) is 0 Å². The molecule has 2 heteroatoms. The van der Waals surface area contributed by atoms with Crippen LogP contribution < -0.4 is 0 Å². The van der Waals surface area contributed by atoms with Gasteiger partial charge < -0.3 is 0 Å². The summed E-state index contributed by atoms with van der Waals surface area (Å²) < 4.78 is 0. The van der Waals surface area contributed by atoms with Gasteiger partial charge in [0.2, 0.25) is 0 Å². The van der Waals surface area contributed by atoms with Crippen LogP contribution in [0, 0.1) is 0 Å². The second kappa shape index (κ2) is 9.18. The second-order valence-corrected chi connectivity index (χ2v) is 1.68. The number of carbonyl (C=O) groups excluding carboxylic acids is 1. The Morgan fingerprint density at radius 1 is 1.36 bits per heavy atom. The van der Waals surface area contributed by atoms with Crippen molar-refractivity contribution in [2.24, 2.45) is 0 Å². The zero-order chi connectivity index (χ0) is 9.28. The highest BCUT2D eigenvalue weighted by Crippen LogP contribution is 2.00. The van der Waals surface area contributed by atoms with E-state index in [1.807, 2.05) is 13.8 Å². The Morgan fingerprint density at radius 2 is 1.82 bits per heavy atom. The molecule has 0 N–H and O–H groups in total. The maximum absolute atomic E-state index is 10.3. The lowest BCUT2D eigenvalue weighted by molar-refractivity contribution is -0.108. The van der Waals surface area contributed by atoms with E-state index in [-0.39, 0.29) is 0 Å². The quantitative estimate of drug-likeness (QED) is 0.363. The molecule has 0 amide bonds. The van der Waals surface area contributed by atoms with E-state index >= 15 is 0 Å². The molecule has 0 aliphatic heterocycles. The number of halogens is 1. The summed E-state index contributed by atoms with van der Waals surface area (Å²) >= 11 is 5.10. The molecule has 0 radical (unpaired) electrons. The average Bonchev–Trinajstić information content (AvgIpc) is 2.03. The Bertz CT molecular complexity index is 168. The minimum Gasteiger partial charge on any atom is -0.276 e. The van der Waals surface area contributed by atoms with E-state index in [1.165, 1.54) is 18.2 Å². The van der Waals surface area contributed by atoms with Gasteiger partial charge in [0.1, 0.15) is 0 Å². The molecule has 62 valence electrons. The third-order valence-corrected chi connectivity index (χ3v) is 0.963. The fourth-order valence-electron chi connectivity index (χ4n) is 0.341. The minimum absolute atomic E-state index is 0.367. The Hall–Kier alpha value is -0.820. The lowest BCUT2D eigenvalue weighted by atomic mass is 10.3. The van der Waals surface area contributed by atoms with Crippen molar-refractivity contribution < 1.29 is 4.79 Å². The third-order valence-electron chi connectivity index (χ3n) is 0.744. The molecule has 11 heavy (non-hydrogen) atoms. The van der Waals surface area contributed by atoms with Gasteiger partial charge in [0.25, 0.3) is 5.24 Å². The summed E-state index contributed by atoms with van der Waals surface area (Å²) in [6.07, 6.45) is 4.37. The van der Waals surface area contributed by atoms with Crippen LogP contribution in [0.5, 0.6) is 0 Å². The Kier molecular flexibility index (Phi) is 10.7. The Labute approximate surface area is 73.1 Å². The van der Waals surface area contributed by atoms with Crippen molar-refractivity contribution in [1.29, 1.82) is 0 Å². The van der Waals surface area contributed by atoms with Crippen LogP contribution in [0.15, 0.2) is 37.0 Å². The van der Waals surface area contributed by atoms with Gasteiger partial charge in [-0.2, -0.15) is 0 Å². The second-order valence-electron chi connectivity index (χ2n) is 1.34. The van der Waals surface area contributed by atoms with Gasteiger partial charge in [0, 0.05) is 5.57 Å². The topological polar surface area (TPSA) is 17.1 Å². The van der Waals surface area contributed by atoms with Crippen LogP contribution in [0.3, 0.4) is 0 Å². The smallest absolute Gasteiger partial charge is 0.252 e. The molecule has 0 spiro atoms. The van der Waals surface area contributed by atoms with Crippen molar-refractivity contribution in [2.45, 2.75) is 13.8 Å². The van der Waals surface area contributed by atoms with Crippen LogP contribution >= 0.6 is 11.6 Å². The van der Waals surface area contributed by atoms with Crippen LogP contribution in [-0.2, 0) is 4.79 Å². The molecular weight excluding hydrogens is 160 g/mol. The van der Waals surface area contributed by atoms with Crippen molar-refractivity contribution in [3.63, 3.8) is 0 Å². The minimum atomic E-state index is -0.509. The van der Waals surface area contributed by atoms with Crippen LogP contribution in [-0.4, -0.2) is 5.24 Å². The molecule has 0 fully saturated rings. The molecule has 0 aliphatic carbocycles. The van der Waals surface area contributed by atoms with Gasteiger partial charge in [-0.1, -0.05) is 45.2 Å². The van der Waals surface area contributed by atoms with Crippen molar-refractivity contribution in [3.05, 3.63) is 37.0 Å². The molecule has 0 saturated carbocycles. The standard InChI is InChI=1S/C7H7ClO.C2H6/c1-3-5-6(4-2)7(8)9;1-2/h3-5H,1-2H2;1-2H3/b6-5+;. The van der Waals surface area contributed by atoms with Crippen molar-refractivity contribution in [3.8, 4) is 0 Å². The predicted molar refractivity (Wildman–Crippen MR) is 50.7 cm³/mol. The van der Waals surface area contributed by atoms with Gasteiger partial charge in [-0.3, -0.25) is 4.79 Å². The van der Waals surface area contributed by atoms with E-state index in [1.54, 1.807) is 0 Å². The van der Waals surface area contributed by atoms with Crippen LogP contribution in [0.25, 0.3) is 0 Å². The van der Waals surface area contributed by atoms with E-state index < -0.39 is 5.24 Å². The largest absolute Gasteiger partial charge is 0.276 e. The zero-order valence-electron chi connectivity index (χ0n) is 6.93. The fraction of sp³-hybridized carbons (Fsp3) is 0.222. The maximum atomic E-state index is 10.3. The summed E-state index contributed by atoms with van der Waals surface area (Å²) in [5, 5.41) is -0.509. The monoisotopic (exact) mass is 172 g/mol. The number of carbonyl (C=O) groups is 1. The highest BCUT2D eigenvalue weighted by atomic mass is 35.5. The summed E-state index contributed by atoms with van der Waals surface area (Å²) in [5.74, 6) is 0. The number of rotatable bonds is 3.